The predicted octanol–water partition coefficient (Wildman–Crippen LogP) is 5.48. The highest BCUT2D eigenvalue weighted by Gasteiger charge is 2.24. The lowest BCUT2D eigenvalue weighted by Gasteiger charge is -2.17. The lowest BCUT2D eigenvalue weighted by atomic mass is 9.99. The maximum atomic E-state index is 14.7. The molecule has 0 N–H and O–H groups in total. The molecule has 1 unspecified atom stereocenters. The lowest BCUT2D eigenvalue weighted by Crippen LogP contribution is -2.21. The van der Waals surface area contributed by atoms with E-state index in [0.29, 0.717) is 39.1 Å². The Morgan fingerprint density at radius 3 is 2.64 bits per heavy atom. The first-order valence-corrected chi connectivity index (χ1v) is 10.5. The van der Waals surface area contributed by atoms with E-state index in [-0.39, 0.29) is 5.82 Å². The Labute approximate surface area is 188 Å². The molecule has 0 saturated heterocycles. The van der Waals surface area contributed by atoms with Gasteiger partial charge in [0.1, 0.15) is 22.8 Å². The average Bonchev–Trinajstić information content (AvgIpc) is 3.30. The molecule has 5 aromatic rings. The third-order valence-corrected chi connectivity index (χ3v) is 6.14. The molecule has 0 saturated carbocycles. The molecular weight excluding hydrogens is 425 g/mol. The van der Waals surface area contributed by atoms with Crippen LogP contribution in [0, 0.1) is 26.6 Å². The molecule has 3 heterocycles. The molecule has 168 valence electrons. The second-order valence-electron chi connectivity index (χ2n) is 8.12. The average molecular weight is 447 g/mol. The Kier molecular flexibility index (Phi) is 4.81. The van der Waals surface area contributed by atoms with E-state index in [0.717, 1.165) is 22.4 Å². The Bertz CT molecular complexity index is 1560. The van der Waals surface area contributed by atoms with Crippen LogP contribution in [-0.4, -0.2) is 21.8 Å². The minimum atomic E-state index is -0.598. The Morgan fingerprint density at radius 1 is 1.18 bits per heavy atom. The number of hydrogen-bond acceptors (Lipinski definition) is 6. The van der Waals surface area contributed by atoms with Gasteiger partial charge in [0.15, 0.2) is 5.58 Å². The second kappa shape index (κ2) is 7.58. The number of aromatic nitrogens is 3. The number of nitrogens with zero attached hydrogens (tertiary/aromatic N) is 3. The van der Waals surface area contributed by atoms with E-state index in [2.05, 4.69) is 10.1 Å². The van der Waals surface area contributed by atoms with Crippen molar-refractivity contribution in [3.8, 4) is 16.9 Å². The fourth-order valence-corrected chi connectivity index (χ4v) is 4.63. The van der Waals surface area contributed by atoms with Gasteiger partial charge in [0.25, 0.3) is 0 Å². The number of ether oxygens (including phenoxy) is 1. The zero-order valence-corrected chi connectivity index (χ0v) is 18.9. The van der Waals surface area contributed by atoms with Crippen molar-refractivity contribution >= 4 is 22.0 Å². The van der Waals surface area contributed by atoms with Gasteiger partial charge in [0.2, 0.25) is 0 Å². The molecule has 1 atom stereocenters. The number of oxazole rings is 1. The molecule has 0 radical (unpaired) electrons. The Morgan fingerprint density at radius 2 is 1.97 bits per heavy atom. The minimum Gasteiger partial charge on any atom is -0.496 e. The van der Waals surface area contributed by atoms with E-state index >= 15 is 0 Å². The largest absolute Gasteiger partial charge is 0.496 e. The van der Waals surface area contributed by atoms with Crippen LogP contribution in [0.4, 0.5) is 4.39 Å². The first-order valence-electron chi connectivity index (χ1n) is 10.5. The van der Waals surface area contributed by atoms with E-state index < -0.39 is 11.8 Å². The van der Waals surface area contributed by atoms with Crippen LogP contribution in [0.25, 0.3) is 33.1 Å². The summed E-state index contributed by atoms with van der Waals surface area (Å²) in [7, 11) is 1.57. The third kappa shape index (κ3) is 3.13. The summed E-state index contributed by atoms with van der Waals surface area (Å²) in [5, 5.41) is 4.70. The highest BCUT2D eigenvalue weighted by Crippen LogP contribution is 2.39. The molecule has 0 bridgehead atoms. The van der Waals surface area contributed by atoms with Crippen molar-refractivity contribution in [2.24, 2.45) is 0 Å². The molecule has 33 heavy (non-hydrogen) atoms. The van der Waals surface area contributed by atoms with Crippen LogP contribution in [0.15, 0.2) is 50.3 Å². The maximum absolute atomic E-state index is 14.7. The number of benzene rings is 2. The smallest absolute Gasteiger partial charge is 0.420 e. The SMILES string of the molecule is COc1cc2c(cc1-c1c(C)noc1C)ncc1oc(=O)n(C(C)c3c(C)cccc3F)c12. The monoisotopic (exact) mass is 447 g/mol. The number of aryl methyl sites for hydroxylation is 3. The molecule has 0 aliphatic carbocycles. The van der Waals surface area contributed by atoms with Gasteiger partial charge in [0.05, 0.1) is 36.1 Å². The van der Waals surface area contributed by atoms with Gasteiger partial charge < -0.3 is 13.7 Å². The van der Waals surface area contributed by atoms with Crippen LogP contribution in [0.5, 0.6) is 5.75 Å². The van der Waals surface area contributed by atoms with Crippen molar-refractivity contribution in [3.05, 3.63) is 75.5 Å². The van der Waals surface area contributed by atoms with Gasteiger partial charge in [-0.3, -0.25) is 9.55 Å². The zero-order chi connectivity index (χ0) is 23.4. The summed E-state index contributed by atoms with van der Waals surface area (Å²) in [5.74, 6) is 0.278. The van der Waals surface area contributed by atoms with Crippen molar-refractivity contribution in [2.45, 2.75) is 33.7 Å². The summed E-state index contributed by atoms with van der Waals surface area (Å²) in [6.45, 7) is 7.30. The molecule has 0 aliphatic heterocycles. The van der Waals surface area contributed by atoms with Crippen LogP contribution in [0.1, 0.15) is 35.5 Å². The molecule has 0 aliphatic rings. The number of rotatable bonds is 4. The summed E-state index contributed by atoms with van der Waals surface area (Å²) in [6, 6.07) is 7.96. The zero-order valence-electron chi connectivity index (χ0n) is 18.9. The van der Waals surface area contributed by atoms with Crippen molar-refractivity contribution < 1.29 is 18.1 Å². The van der Waals surface area contributed by atoms with E-state index in [1.807, 2.05) is 39.0 Å². The van der Waals surface area contributed by atoms with Crippen LogP contribution in [-0.2, 0) is 0 Å². The van der Waals surface area contributed by atoms with Gasteiger partial charge in [-0.25, -0.2) is 9.18 Å². The van der Waals surface area contributed by atoms with Gasteiger partial charge in [-0.1, -0.05) is 17.3 Å². The number of fused-ring (bicyclic) bond motifs is 3. The fourth-order valence-electron chi connectivity index (χ4n) is 4.63. The van der Waals surface area contributed by atoms with Crippen molar-refractivity contribution in [3.63, 3.8) is 0 Å². The minimum absolute atomic E-state index is 0.320. The Hall–Kier alpha value is -3.94. The quantitative estimate of drug-likeness (QED) is 0.363. The summed E-state index contributed by atoms with van der Waals surface area (Å²) < 4.78 is 32.7. The second-order valence-corrected chi connectivity index (χ2v) is 8.12. The normalized spacial score (nSPS) is 12.5. The van der Waals surface area contributed by atoms with E-state index in [1.165, 1.54) is 16.8 Å². The van der Waals surface area contributed by atoms with Crippen LogP contribution in [0.2, 0.25) is 0 Å². The van der Waals surface area contributed by atoms with Gasteiger partial charge in [-0.05, 0) is 51.5 Å². The Balaban J connectivity index is 1.83. The molecule has 0 spiro atoms. The first kappa shape index (κ1) is 20.9. The molecule has 7 nitrogen and oxygen atoms in total. The summed E-state index contributed by atoms with van der Waals surface area (Å²) in [5.41, 5.74) is 5.01. The fraction of sp³-hybridized carbons (Fsp3) is 0.240. The molecule has 5 rings (SSSR count). The topological polar surface area (TPSA) is 83.3 Å². The van der Waals surface area contributed by atoms with Gasteiger partial charge >= 0.3 is 5.76 Å². The number of methoxy groups -OCH3 is 1. The van der Waals surface area contributed by atoms with E-state index in [1.54, 1.807) is 20.1 Å². The maximum Gasteiger partial charge on any atom is 0.420 e. The molecular formula is C25H22FN3O4. The molecule has 2 aromatic carbocycles. The first-order chi connectivity index (χ1) is 15.8. The number of hydrogen-bond donors (Lipinski definition) is 0. The van der Waals surface area contributed by atoms with E-state index in [9.17, 15) is 9.18 Å². The lowest BCUT2D eigenvalue weighted by molar-refractivity contribution is 0.393. The van der Waals surface area contributed by atoms with E-state index in [4.69, 9.17) is 13.7 Å². The van der Waals surface area contributed by atoms with Gasteiger partial charge in [-0.15, -0.1) is 0 Å². The molecule has 3 aromatic heterocycles. The summed E-state index contributed by atoms with van der Waals surface area (Å²) in [6.07, 6.45) is 1.51. The standard InChI is InChI=1S/C25H22FN3O4/c1-12-7-6-8-18(26)22(12)14(3)29-24-16-10-20(31-5)17(23-13(2)28-33-15(23)4)9-19(16)27-11-21(24)32-25(29)30/h6-11,14H,1-5H3. The van der Waals surface area contributed by atoms with Gasteiger partial charge in [0, 0.05) is 16.5 Å². The summed E-state index contributed by atoms with van der Waals surface area (Å²) in [4.78, 5) is 17.4. The van der Waals surface area contributed by atoms with Crippen molar-refractivity contribution in [1.82, 2.24) is 14.7 Å². The number of pyridine rings is 1. The van der Waals surface area contributed by atoms with Gasteiger partial charge in [-0.2, -0.15) is 0 Å². The number of halogens is 1. The predicted molar refractivity (Wildman–Crippen MR) is 122 cm³/mol. The molecule has 0 fully saturated rings. The third-order valence-electron chi connectivity index (χ3n) is 6.14. The molecule has 8 heteroatoms. The highest BCUT2D eigenvalue weighted by molar-refractivity contribution is 6.04. The van der Waals surface area contributed by atoms with Crippen LogP contribution < -0.4 is 10.5 Å². The summed E-state index contributed by atoms with van der Waals surface area (Å²) >= 11 is 0. The van der Waals surface area contributed by atoms with Crippen molar-refractivity contribution in [1.29, 1.82) is 0 Å². The van der Waals surface area contributed by atoms with Crippen LogP contribution in [0.3, 0.4) is 0 Å². The highest BCUT2D eigenvalue weighted by atomic mass is 19.1. The molecule has 0 amide bonds. The van der Waals surface area contributed by atoms with Crippen LogP contribution >= 0.6 is 0 Å². The van der Waals surface area contributed by atoms with Crippen molar-refractivity contribution in [2.75, 3.05) is 7.11 Å².